The van der Waals surface area contributed by atoms with Gasteiger partial charge in [-0.05, 0) is 49.6 Å². The number of rotatable bonds is 2. The fraction of sp³-hybridized carbons (Fsp3) is 0.214. The third kappa shape index (κ3) is 2.57. The van der Waals surface area contributed by atoms with E-state index in [1.54, 1.807) is 6.20 Å². The number of hydrogen-bond donors (Lipinski definition) is 2. The van der Waals surface area contributed by atoms with Gasteiger partial charge < -0.3 is 11.1 Å². The maximum atomic E-state index is 6.25. The highest BCUT2D eigenvalue weighted by atomic mass is 35.5. The van der Waals surface area contributed by atoms with Crippen LogP contribution in [0.4, 0.5) is 17.2 Å². The summed E-state index contributed by atoms with van der Waals surface area (Å²) in [6.45, 7) is 6.01. The van der Waals surface area contributed by atoms with Crippen molar-refractivity contribution in [3.8, 4) is 0 Å². The number of aryl methyl sites for hydroxylation is 3. The van der Waals surface area contributed by atoms with E-state index in [1.165, 1.54) is 0 Å². The van der Waals surface area contributed by atoms with Gasteiger partial charge in [-0.3, -0.25) is 0 Å². The number of pyridine rings is 1. The van der Waals surface area contributed by atoms with Gasteiger partial charge in [-0.25, -0.2) is 4.98 Å². The van der Waals surface area contributed by atoms with E-state index in [4.69, 9.17) is 17.3 Å². The third-order valence-corrected chi connectivity index (χ3v) is 3.07. The summed E-state index contributed by atoms with van der Waals surface area (Å²) in [6, 6.07) is 5.90. The van der Waals surface area contributed by atoms with E-state index >= 15 is 0 Å². The lowest BCUT2D eigenvalue weighted by Crippen LogP contribution is -2.00. The third-order valence-electron chi connectivity index (χ3n) is 2.77. The first-order valence-corrected chi connectivity index (χ1v) is 6.11. The van der Waals surface area contributed by atoms with Crippen LogP contribution < -0.4 is 11.1 Å². The van der Waals surface area contributed by atoms with Gasteiger partial charge in [0, 0.05) is 0 Å². The Bertz CT molecular complexity index is 571. The SMILES string of the molecule is Cc1cc(C)c(Nc2ncc(N)cc2C)c(Cl)c1. The molecule has 94 valence electrons. The lowest BCUT2D eigenvalue weighted by atomic mass is 10.1. The summed E-state index contributed by atoms with van der Waals surface area (Å²) in [5.74, 6) is 0.776. The Labute approximate surface area is 112 Å². The van der Waals surface area contributed by atoms with Gasteiger partial charge in [0.2, 0.25) is 0 Å². The van der Waals surface area contributed by atoms with Crippen molar-refractivity contribution >= 4 is 28.8 Å². The molecule has 1 aromatic heterocycles. The molecule has 0 aliphatic heterocycles. The van der Waals surface area contributed by atoms with E-state index in [-0.39, 0.29) is 0 Å². The zero-order valence-electron chi connectivity index (χ0n) is 10.7. The molecule has 0 amide bonds. The Balaban J connectivity index is 2.40. The summed E-state index contributed by atoms with van der Waals surface area (Å²) in [6.07, 6.45) is 1.63. The Hall–Kier alpha value is -1.74. The van der Waals surface area contributed by atoms with Crippen molar-refractivity contribution in [3.05, 3.63) is 46.1 Å². The lowest BCUT2D eigenvalue weighted by Gasteiger charge is -2.13. The molecule has 2 aromatic rings. The summed E-state index contributed by atoms with van der Waals surface area (Å²) >= 11 is 6.25. The first-order chi connectivity index (χ1) is 8.47. The molecule has 0 atom stereocenters. The Kier molecular flexibility index (Phi) is 3.43. The summed E-state index contributed by atoms with van der Waals surface area (Å²) in [4.78, 5) is 4.28. The molecule has 0 unspecified atom stereocenters. The maximum absolute atomic E-state index is 6.25. The van der Waals surface area contributed by atoms with Crippen LogP contribution in [0, 0.1) is 20.8 Å². The average Bonchev–Trinajstić information content (AvgIpc) is 2.25. The normalized spacial score (nSPS) is 10.4. The predicted octanol–water partition coefficient (Wildman–Crippen LogP) is 3.99. The van der Waals surface area contributed by atoms with Crippen LogP contribution in [0.25, 0.3) is 0 Å². The highest BCUT2D eigenvalue weighted by Gasteiger charge is 2.08. The number of nitrogens with two attached hydrogens (primary N) is 1. The van der Waals surface area contributed by atoms with Crippen molar-refractivity contribution in [2.75, 3.05) is 11.1 Å². The van der Waals surface area contributed by atoms with Crippen LogP contribution in [0.15, 0.2) is 24.4 Å². The van der Waals surface area contributed by atoms with Crippen LogP contribution in [0.3, 0.4) is 0 Å². The van der Waals surface area contributed by atoms with Crippen LogP contribution in [0.1, 0.15) is 16.7 Å². The molecule has 3 nitrogen and oxygen atoms in total. The molecule has 0 aliphatic rings. The van der Waals surface area contributed by atoms with E-state index in [0.717, 1.165) is 28.2 Å². The minimum atomic E-state index is 0.657. The number of hydrogen-bond acceptors (Lipinski definition) is 3. The number of nitrogens with one attached hydrogen (secondary N) is 1. The molecule has 0 spiro atoms. The molecule has 0 saturated carbocycles. The van der Waals surface area contributed by atoms with E-state index in [0.29, 0.717) is 10.7 Å². The van der Waals surface area contributed by atoms with Crippen molar-refractivity contribution in [1.82, 2.24) is 4.98 Å². The van der Waals surface area contributed by atoms with E-state index < -0.39 is 0 Å². The Morgan fingerprint density at radius 3 is 2.44 bits per heavy atom. The van der Waals surface area contributed by atoms with Gasteiger partial charge in [-0.2, -0.15) is 0 Å². The number of halogens is 1. The standard InChI is InChI=1S/C14H16ClN3/c1-8-4-9(2)13(12(15)5-8)18-14-10(3)6-11(16)7-17-14/h4-7H,16H2,1-3H3,(H,17,18). The minimum absolute atomic E-state index is 0.657. The van der Waals surface area contributed by atoms with Crippen molar-refractivity contribution in [3.63, 3.8) is 0 Å². The molecule has 1 heterocycles. The first kappa shape index (κ1) is 12.7. The minimum Gasteiger partial charge on any atom is -0.397 e. The van der Waals surface area contributed by atoms with E-state index in [9.17, 15) is 0 Å². The van der Waals surface area contributed by atoms with E-state index in [1.807, 2.05) is 32.9 Å². The van der Waals surface area contributed by atoms with Crippen LogP contribution >= 0.6 is 11.6 Å². The van der Waals surface area contributed by atoms with Crippen LogP contribution in [-0.2, 0) is 0 Å². The van der Waals surface area contributed by atoms with Crippen molar-refractivity contribution in [2.45, 2.75) is 20.8 Å². The van der Waals surface area contributed by atoms with Gasteiger partial charge in [0.05, 0.1) is 22.6 Å². The fourth-order valence-corrected chi connectivity index (χ4v) is 2.29. The number of anilines is 3. The lowest BCUT2D eigenvalue weighted by molar-refractivity contribution is 1.25. The number of benzene rings is 1. The molecule has 1 aromatic carbocycles. The zero-order valence-corrected chi connectivity index (χ0v) is 11.5. The quantitative estimate of drug-likeness (QED) is 0.860. The average molecular weight is 262 g/mol. The molecular formula is C14H16ClN3. The second-order valence-electron chi connectivity index (χ2n) is 4.50. The van der Waals surface area contributed by atoms with Crippen molar-refractivity contribution in [1.29, 1.82) is 0 Å². The first-order valence-electron chi connectivity index (χ1n) is 5.73. The Morgan fingerprint density at radius 2 is 1.83 bits per heavy atom. The van der Waals surface area contributed by atoms with Crippen molar-refractivity contribution < 1.29 is 0 Å². The smallest absolute Gasteiger partial charge is 0.133 e. The highest BCUT2D eigenvalue weighted by Crippen LogP contribution is 2.30. The predicted molar refractivity (Wildman–Crippen MR) is 77.6 cm³/mol. The van der Waals surface area contributed by atoms with Gasteiger partial charge in [0.25, 0.3) is 0 Å². The van der Waals surface area contributed by atoms with Gasteiger partial charge in [0.15, 0.2) is 0 Å². The molecule has 0 saturated heterocycles. The topological polar surface area (TPSA) is 50.9 Å². The van der Waals surface area contributed by atoms with Crippen molar-refractivity contribution in [2.24, 2.45) is 0 Å². The van der Waals surface area contributed by atoms with Gasteiger partial charge in [-0.15, -0.1) is 0 Å². The highest BCUT2D eigenvalue weighted by molar-refractivity contribution is 6.33. The van der Waals surface area contributed by atoms with Crippen LogP contribution in [0.2, 0.25) is 5.02 Å². The molecule has 3 N–H and O–H groups in total. The molecular weight excluding hydrogens is 246 g/mol. The number of nitrogen functional groups attached to an aromatic ring is 1. The zero-order chi connectivity index (χ0) is 13.3. The second-order valence-corrected chi connectivity index (χ2v) is 4.90. The van der Waals surface area contributed by atoms with Gasteiger partial charge in [0.1, 0.15) is 5.82 Å². The summed E-state index contributed by atoms with van der Waals surface area (Å²) in [5, 5.41) is 3.96. The van der Waals surface area contributed by atoms with Crippen LogP contribution in [-0.4, -0.2) is 4.98 Å². The van der Waals surface area contributed by atoms with E-state index in [2.05, 4.69) is 16.4 Å². The fourth-order valence-electron chi connectivity index (χ4n) is 1.92. The second kappa shape index (κ2) is 4.86. The largest absolute Gasteiger partial charge is 0.397 e. The maximum Gasteiger partial charge on any atom is 0.133 e. The van der Waals surface area contributed by atoms with Gasteiger partial charge in [-0.1, -0.05) is 17.7 Å². The molecule has 18 heavy (non-hydrogen) atoms. The molecule has 0 aliphatic carbocycles. The molecule has 0 bridgehead atoms. The molecule has 0 radical (unpaired) electrons. The number of nitrogens with zero attached hydrogens (tertiary/aromatic N) is 1. The molecule has 0 fully saturated rings. The summed E-state index contributed by atoms with van der Waals surface area (Å²) < 4.78 is 0. The van der Waals surface area contributed by atoms with Gasteiger partial charge >= 0.3 is 0 Å². The van der Waals surface area contributed by atoms with Crippen LogP contribution in [0.5, 0.6) is 0 Å². The number of aromatic nitrogens is 1. The monoisotopic (exact) mass is 261 g/mol. The molecule has 2 rings (SSSR count). The Morgan fingerprint density at radius 1 is 1.11 bits per heavy atom. The summed E-state index contributed by atoms with van der Waals surface area (Å²) in [7, 11) is 0. The summed E-state index contributed by atoms with van der Waals surface area (Å²) in [5.41, 5.74) is 10.5. The molecule has 4 heteroatoms.